The summed E-state index contributed by atoms with van der Waals surface area (Å²) in [7, 11) is 0. The Hall–Kier alpha value is -3.41. The molecule has 0 aliphatic heterocycles. The van der Waals surface area contributed by atoms with Crippen LogP contribution in [0.3, 0.4) is 0 Å². The molecule has 132 valence electrons. The zero-order chi connectivity index (χ0) is 18.5. The fourth-order valence-corrected chi connectivity index (χ4v) is 2.39. The van der Waals surface area contributed by atoms with Crippen LogP contribution in [0.4, 0.5) is 10.2 Å². The molecule has 2 aromatic carbocycles. The summed E-state index contributed by atoms with van der Waals surface area (Å²) in [5, 5.41) is 2.80. The van der Waals surface area contributed by atoms with Gasteiger partial charge in [0.2, 0.25) is 0 Å². The van der Waals surface area contributed by atoms with Gasteiger partial charge < -0.3 is 15.8 Å². The molecule has 1 amide bonds. The number of nitrogens with one attached hydrogen (secondary N) is 1. The largest absolute Gasteiger partial charge is 0.457 e. The van der Waals surface area contributed by atoms with E-state index in [1.54, 1.807) is 36.4 Å². The minimum absolute atomic E-state index is 0.210. The number of nitrogens with zero attached hydrogens (tertiary/aromatic N) is 1. The SMILES string of the molecule is Cc1ccc(C(=O)NCc2ccc(Oc3cccc(F)c3)cc2)c(N)n1. The van der Waals surface area contributed by atoms with Gasteiger partial charge in [-0.3, -0.25) is 4.79 Å². The molecule has 1 heterocycles. The number of carbonyl (C=O) groups is 1. The molecule has 3 aromatic rings. The highest BCUT2D eigenvalue weighted by atomic mass is 19.1. The summed E-state index contributed by atoms with van der Waals surface area (Å²) < 4.78 is 18.8. The molecule has 6 heteroatoms. The topological polar surface area (TPSA) is 77.2 Å². The van der Waals surface area contributed by atoms with Crippen LogP contribution in [0, 0.1) is 12.7 Å². The number of halogens is 1. The third-order valence-corrected chi connectivity index (χ3v) is 3.72. The number of aromatic nitrogens is 1. The minimum atomic E-state index is -0.355. The molecule has 3 N–H and O–H groups in total. The van der Waals surface area contributed by atoms with Crippen LogP contribution >= 0.6 is 0 Å². The highest BCUT2D eigenvalue weighted by Crippen LogP contribution is 2.22. The highest BCUT2D eigenvalue weighted by Gasteiger charge is 2.10. The first-order valence-electron chi connectivity index (χ1n) is 8.05. The van der Waals surface area contributed by atoms with Gasteiger partial charge in [0.15, 0.2) is 0 Å². The van der Waals surface area contributed by atoms with E-state index in [2.05, 4.69) is 10.3 Å². The average molecular weight is 351 g/mol. The van der Waals surface area contributed by atoms with Crippen LogP contribution < -0.4 is 15.8 Å². The van der Waals surface area contributed by atoms with E-state index >= 15 is 0 Å². The molecule has 0 saturated heterocycles. The van der Waals surface area contributed by atoms with Gasteiger partial charge in [0.25, 0.3) is 5.91 Å². The molecule has 5 nitrogen and oxygen atoms in total. The molecular weight excluding hydrogens is 333 g/mol. The van der Waals surface area contributed by atoms with Crippen molar-refractivity contribution in [3.05, 3.63) is 83.3 Å². The second-order valence-electron chi connectivity index (χ2n) is 5.77. The molecule has 0 atom stereocenters. The van der Waals surface area contributed by atoms with Crippen molar-refractivity contribution in [2.45, 2.75) is 13.5 Å². The lowest BCUT2D eigenvalue weighted by Crippen LogP contribution is -2.24. The molecule has 0 saturated carbocycles. The number of rotatable bonds is 5. The van der Waals surface area contributed by atoms with Gasteiger partial charge in [-0.15, -0.1) is 0 Å². The molecule has 0 unspecified atom stereocenters. The van der Waals surface area contributed by atoms with Gasteiger partial charge in [0.05, 0.1) is 5.56 Å². The standard InChI is InChI=1S/C20H18FN3O2/c1-13-5-10-18(19(22)24-13)20(25)23-12-14-6-8-16(9-7-14)26-17-4-2-3-15(21)11-17/h2-11H,12H2,1H3,(H2,22,24)(H,23,25). The van der Waals surface area contributed by atoms with E-state index in [-0.39, 0.29) is 17.5 Å². The van der Waals surface area contributed by atoms with Gasteiger partial charge in [-0.1, -0.05) is 18.2 Å². The number of nitrogen functional groups attached to an aromatic ring is 1. The maximum absolute atomic E-state index is 13.2. The third-order valence-electron chi connectivity index (χ3n) is 3.72. The Bertz CT molecular complexity index is 927. The molecule has 26 heavy (non-hydrogen) atoms. The maximum atomic E-state index is 13.2. The Morgan fingerprint density at radius 2 is 1.88 bits per heavy atom. The van der Waals surface area contributed by atoms with Crippen molar-refractivity contribution < 1.29 is 13.9 Å². The highest BCUT2D eigenvalue weighted by molar-refractivity contribution is 5.98. The quantitative estimate of drug-likeness (QED) is 0.732. The first-order chi connectivity index (χ1) is 12.5. The Balaban J connectivity index is 1.60. The van der Waals surface area contributed by atoms with Crippen molar-refractivity contribution in [2.24, 2.45) is 0 Å². The fraction of sp³-hybridized carbons (Fsp3) is 0.100. The van der Waals surface area contributed by atoms with Crippen LogP contribution in [0.1, 0.15) is 21.6 Å². The van der Waals surface area contributed by atoms with Crippen LogP contribution in [0.2, 0.25) is 0 Å². The van der Waals surface area contributed by atoms with Gasteiger partial charge in [-0.25, -0.2) is 9.37 Å². The monoisotopic (exact) mass is 351 g/mol. The molecule has 0 fully saturated rings. The van der Waals surface area contributed by atoms with E-state index in [1.165, 1.54) is 12.1 Å². The van der Waals surface area contributed by atoms with Crippen LogP contribution in [-0.4, -0.2) is 10.9 Å². The predicted octanol–water partition coefficient (Wildman–Crippen LogP) is 3.83. The van der Waals surface area contributed by atoms with Gasteiger partial charge >= 0.3 is 0 Å². The van der Waals surface area contributed by atoms with E-state index < -0.39 is 0 Å². The van der Waals surface area contributed by atoms with Crippen LogP contribution in [0.15, 0.2) is 60.7 Å². The van der Waals surface area contributed by atoms with E-state index in [0.29, 0.717) is 23.6 Å². The van der Waals surface area contributed by atoms with Crippen LogP contribution in [0.25, 0.3) is 0 Å². The lowest BCUT2D eigenvalue weighted by atomic mass is 10.2. The Morgan fingerprint density at radius 3 is 2.58 bits per heavy atom. The Kier molecular flexibility index (Phi) is 5.12. The third kappa shape index (κ3) is 4.36. The number of aryl methyl sites for hydroxylation is 1. The molecule has 0 radical (unpaired) electrons. The molecule has 0 bridgehead atoms. The van der Waals surface area contributed by atoms with E-state index in [4.69, 9.17) is 10.5 Å². The van der Waals surface area contributed by atoms with Gasteiger partial charge in [-0.05, 0) is 48.9 Å². The lowest BCUT2D eigenvalue weighted by Gasteiger charge is -2.09. The molecule has 0 spiro atoms. The average Bonchev–Trinajstić information content (AvgIpc) is 2.61. The number of nitrogens with two attached hydrogens (primary N) is 1. The second kappa shape index (κ2) is 7.65. The molecule has 3 rings (SSSR count). The van der Waals surface area contributed by atoms with Crippen molar-refractivity contribution in [1.29, 1.82) is 0 Å². The first kappa shape index (κ1) is 17.4. The van der Waals surface area contributed by atoms with Crippen molar-refractivity contribution in [1.82, 2.24) is 10.3 Å². The summed E-state index contributed by atoms with van der Waals surface area (Å²) in [4.78, 5) is 16.3. The maximum Gasteiger partial charge on any atom is 0.255 e. The Morgan fingerprint density at radius 1 is 1.12 bits per heavy atom. The lowest BCUT2D eigenvalue weighted by molar-refractivity contribution is 0.0951. The zero-order valence-corrected chi connectivity index (χ0v) is 14.2. The van der Waals surface area contributed by atoms with Crippen molar-refractivity contribution >= 4 is 11.7 Å². The second-order valence-corrected chi connectivity index (χ2v) is 5.77. The fourth-order valence-electron chi connectivity index (χ4n) is 2.39. The number of hydrogen-bond acceptors (Lipinski definition) is 4. The molecule has 1 aromatic heterocycles. The van der Waals surface area contributed by atoms with E-state index in [1.807, 2.05) is 19.1 Å². The number of pyridine rings is 1. The van der Waals surface area contributed by atoms with Crippen molar-refractivity contribution in [3.63, 3.8) is 0 Å². The normalized spacial score (nSPS) is 10.4. The molecular formula is C20H18FN3O2. The Labute approximate surface area is 150 Å². The van der Waals surface area contributed by atoms with Crippen LogP contribution in [-0.2, 0) is 6.54 Å². The number of amides is 1. The summed E-state index contributed by atoms with van der Waals surface area (Å²) in [6.07, 6.45) is 0. The minimum Gasteiger partial charge on any atom is -0.457 e. The summed E-state index contributed by atoms with van der Waals surface area (Å²) in [6, 6.07) is 16.5. The molecule has 0 aliphatic carbocycles. The van der Waals surface area contributed by atoms with Crippen LogP contribution in [0.5, 0.6) is 11.5 Å². The van der Waals surface area contributed by atoms with Crippen molar-refractivity contribution in [2.75, 3.05) is 5.73 Å². The summed E-state index contributed by atoms with van der Waals surface area (Å²) in [6.45, 7) is 2.15. The number of benzene rings is 2. The number of ether oxygens (including phenoxy) is 1. The van der Waals surface area contributed by atoms with E-state index in [0.717, 1.165) is 11.3 Å². The number of hydrogen-bond donors (Lipinski definition) is 2. The smallest absolute Gasteiger partial charge is 0.255 e. The van der Waals surface area contributed by atoms with Crippen molar-refractivity contribution in [3.8, 4) is 11.5 Å². The first-order valence-corrected chi connectivity index (χ1v) is 8.05. The number of anilines is 1. The predicted molar refractivity (Wildman–Crippen MR) is 97.5 cm³/mol. The van der Waals surface area contributed by atoms with Gasteiger partial charge in [0, 0.05) is 18.3 Å². The van der Waals surface area contributed by atoms with Gasteiger partial charge in [-0.2, -0.15) is 0 Å². The summed E-state index contributed by atoms with van der Waals surface area (Å²) in [5.74, 6) is 0.578. The van der Waals surface area contributed by atoms with E-state index in [9.17, 15) is 9.18 Å². The van der Waals surface area contributed by atoms with Gasteiger partial charge in [0.1, 0.15) is 23.1 Å². The summed E-state index contributed by atoms with van der Waals surface area (Å²) in [5.41, 5.74) is 7.78. The summed E-state index contributed by atoms with van der Waals surface area (Å²) >= 11 is 0. The number of carbonyl (C=O) groups excluding carboxylic acids is 1. The zero-order valence-electron chi connectivity index (χ0n) is 14.2. The molecule has 0 aliphatic rings.